The van der Waals surface area contributed by atoms with E-state index in [9.17, 15) is 0 Å². The maximum absolute atomic E-state index is 6.79. The molecule has 266 valence electrons. The second-order valence-corrected chi connectivity index (χ2v) is 15.2. The second-order valence-electron chi connectivity index (χ2n) is 15.2. The third kappa shape index (κ3) is 4.79. The molecule has 0 fully saturated rings. The fourth-order valence-corrected chi connectivity index (χ4v) is 9.64. The van der Waals surface area contributed by atoms with Crippen LogP contribution in [0.2, 0.25) is 0 Å². The zero-order valence-electron chi connectivity index (χ0n) is 31.0. The lowest BCUT2D eigenvalue weighted by atomic mass is 9.66. The van der Waals surface area contributed by atoms with Gasteiger partial charge in [0.1, 0.15) is 11.5 Å². The van der Waals surface area contributed by atoms with Gasteiger partial charge in [0.05, 0.1) is 16.8 Å². The van der Waals surface area contributed by atoms with Gasteiger partial charge < -0.3 is 4.74 Å². The van der Waals surface area contributed by atoms with Gasteiger partial charge in [0.2, 0.25) is 0 Å². The monoisotopic (exact) mass is 726 g/mol. The highest BCUT2D eigenvalue weighted by Gasteiger charge is 2.50. The third-order valence-corrected chi connectivity index (χ3v) is 12.1. The van der Waals surface area contributed by atoms with E-state index in [1.54, 1.807) is 0 Å². The number of hydrogen-bond acceptors (Lipinski definition) is 3. The number of ether oxygens (including phenoxy) is 1. The lowest BCUT2D eigenvalue weighted by molar-refractivity contribution is 0.436. The number of aromatic nitrogens is 2. The summed E-state index contributed by atoms with van der Waals surface area (Å²) >= 11 is 0. The lowest BCUT2D eigenvalue weighted by Gasteiger charge is -2.39. The number of fused-ring (bicyclic) bond motifs is 9. The Balaban J connectivity index is 0.962. The zero-order valence-corrected chi connectivity index (χ0v) is 31.0. The van der Waals surface area contributed by atoms with Crippen molar-refractivity contribution in [3.05, 3.63) is 221 Å². The molecule has 0 unspecified atom stereocenters. The van der Waals surface area contributed by atoms with Crippen LogP contribution in [-0.4, -0.2) is 9.97 Å². The molecule has 1 aliphatic heterocycles. The number of hydrogen-bond donors (Lipinski definition) is 0. The summed E-state index contributed by atoms with van der Waals surface area (Å²) in [7, 11) is 0. The minimum atomic E-state index is -0.472. The number of rotatable bonds is 4. The van der Waals surface area contributed by atoms with E-state index < -0.39 is 5.41 Å². The van der Waals surface area contributed by atoms with E-state index in [2.05, 4.69) is 188 Å². The summed E-state index contributed by atoms with van der Waals surface area (Å²) in [5.41, 5.74) is 16.7. The Kier molecular flexibility index (Phi) is 6.91. The van der Waals surface area contributed by atoms with Crippen LogP contribution in [0.5, 0.6) is 11.5 Å². The first-order valence-corrected chi connectivity index (χ1v) is 19.6. The normalized spacial score (nSPS) is 13.8. The molecule has 12 rings (SSSR count). The van der Waals surface area contributed by atoms with Crippen LogP contribution >= 0.6 is 0 Å². The minimum Gasteiger partial charge on any atom is -0.457 e. The summed E-state index contributed by atoms with van der Waals surface area (Å²) < 4.78 is 6.79. The Morgan fingerprint density at radius 3 is 1.88 bits per heavy atom. The first-order chi connectivity index (χ1) is 28.2. The number of benzene rings is 8. The fourth-order valence-electron chi connectivity index (χ4n) is 9.64. The van der Waals surface area contributed by atoms with Crippen LogP contribution in [0.1, 0.15) is 33.4 Å². The Labute approximate surface area is 331 Å². The molecule has 0 radical (unpaired) electrons. The van der Waals surface area contributed by atoms with Crippen molar-refractivity contribution in [2.45, 2.75) is 11.8 Å². The topological polar surface area (TPSA) is 35.0 Å². The first-order valence-electron chi connectivity index (χ1n) is 19.6. The minimum absolute atomic E-state index is 0.472. The van der Waals surface area contributed by atoms with Crippen LogP contribution in [0.3, 0.4) is 0 Å². The van der Waals surface area contributed by atoms with Gasteiger partial charge in [0.15, 0.2) is 5.82 Å². The van der Waals surface area contributed by atoms with Gasteiger partial charge in [-0.25, -0.2) is 9.97 Å². The van der Waals surface area contributed by atoms with Crippen molar-refractivity contribution in [3.63, 3.8) is 0 Å². The maximum Gasteiger partial charge on any atom is 0.160 e. The molecule has 0 bridgehead atoms. The predicted molar refractivity (Wildman–Crippen MR) is 231 cm³/mol. The molecule has 9 aromatic rings. The SMILES string of the molecule is C1=Cc2cc(-c3cc(-c4ccccc4)nc(-c4ccc(-c5ccc6c(c5)Oc5ccccc5C65c6ccccc6-c6ccccc65)cc4)n3)cc3cccc(c23)C1. The molecule has 0 N–H and O–H groups in total. The van der Waals surface area contributed by atoms with Crippen LogP contribution < -0.4 is 4.74 Å². The van der Waals surface area contributed by atoms with Crippen molar-refractivity contribution in [1.82, 2.24) is 9.97 Å². The fraction of sp³-hybridized carbons (Fsp3) is 0.0370. The molecule has 0 saturated carbocycles. The van der Waals surface area contributed by atoms with E-state index in [1.165, 1.54) is 49.7 Å². The average Bonchev–Trinajstić information content (AvgIpc) is 3.57. The zero-order chi connectivity index (χ0) is 37.5. The molecule has 8 aromatic carbocycles. The van der Waals surface area contributed by atoms with E-state index in [0.29, 0.717) is 5.82 Å². The molecule has 0 atom stereocenters. The van der Waals surface area contributed by atoms with Crippen LogP contribution in [0.4, 0.5) is 0 Å². The molecule has 57 heavy (non-hydrogen) atoms. The summed E-state index contributed by atoms with van der Waals surface area (Å²) in [6.45, 7) is 0. The predicted octanol–water partition coefficient (Wildman–Crippen LogP) is 13.3. The first kappa shape index (κ1) is 31.9. The van der Waals surface area contributed by atoms with Crippen molar-refractivity contribution in [3.8, 4) is 67.7 Å². The highest BCUT2D eigenvalue weighted by atomic mass is 16.5. The summed E-state index contributed by atoms with van der Waals surface area (Å²) in [6.07, 6.45) is 5.46. The van der Waals surface area contributed by atoms with Gasteiger partial charge in [-0.05, 0) is 92.0 Å². The second kappa shape index (κ2) is 12.3. The highest BCUT2D eigenvalue weighted by Crippen LogP contribution is 2.62. The Morgan fingerprint density at radius 1 is 0.439 bits per heavy atom. The summed E-state index contributed by atoms with van der Waals surface area (Å²) in [6, 6.07) is 65.2. The van der Waals surface area contributed by atoms with Gasteiger partial charge in [-0.1, -0.05) is 164 Å². The molecule has 1 spiro atoms. The van der Waals surface area contributed by atoms with Crippen molar-refractivity contribution in [2.24, 2.45) is 0 Å². The quantitative estimate of drug-likeness (QED) is 0.181. The smallest absolute Gasteiger partial charge is 0.160 e. The molecule has 3 nitrogen and oxygen atoms in total. The summed E-state index contributed by atoms with van der Waals surface area (Å²) in [4.78, 5) is 10.4. The van der Waals surface area contributed by atoms with Gasteiger partial charge in [-0.15, -0.1) is 0 Å². The van der Waals surface area contributed by atoms with Gasteiger partial charge in [0, 0.05) is 27.8 Å². The van der Waals surface area contributed by atoms with Crippen molar-refractivity contribution in [2.75, 3.05) is 0 Å². The van der Waals surface area contributed by atoms with Crippen LogP contribution in [-0.2, 0) is 11.8 Å². The van der Waals surface area contributed by atoms with Crippen molar-refractivity contribution in [1.29, 1.82) is 0 Å². The Bertz CT molecular complexity index is 3080. The van der Waals surface area contributed by atoms with E-state index in [0.717, 1.165) is 62.7 Å². The molecule has 3 aliphatic rings. The third-order valence-electron chi connectivity index (χ3n) is 12.1. The number of allylic oxidation sites excluding steroid dienone is 1. The number of para-hydroxylation sites is 1. The molecular weight excluding hydrogens is 693 g/mol. The largest absolute Gasteiger partial charge is 0.457 e. The number of nitrogens with zero attached hydrogens (tertiary/aromatic N) is 2. The molecule has 2 aliphatic carbocycles. The van der Waals surface area contributed by atoms with Gasteiger partial charge in [0.25, 0.3) is 0 Å². The average molecular weight is 727 g/mol. The van der Waals surface area contributed by atoms with Crippen LogP contribution in [0.15, 0.2) is 188 Å². The molecule has 3 heteroatoms. The maximum atomic E-state index is 6.79. The summed E-state index contributed by atoms with van der Waals surface area (Å²) in [5.74, 6) is 2.46. The lowest BCUT2D eigenvalue weighted by Crippen LogP contribution is -2.32. The van der Waals surface area contributed by atoms with Crippen molar-refractivity contribution < 1.29 is 4.74 Å². The molecule has 0 amide bonds. The molecule has 1 aromatic heterocycles. The van der Waals surface area contributed by atoms with E-state index in [4.69, 9.17) is 14.7 Å². The Hall–Kier alpha value is -7.36. The summed E-state index contributed by atoms with van der Waals surface area (Å²) in [5, 5.41) is 2.57. The van der Waals surface area contributed by atoms with Crippen LogP contribution in [0.25, 0.3) is 73.0 Å². The molecule has 0 saturated heterocycles. The highest BCUT2D eigenvalue weighted by molar-refractivity contribution is 5.98. The van der Waals surface area contributed by atoms with Crippen molar-refractivity contribution >= 4 is 16.8 Å². The molecule has 2 heterocycles. The Morgan fingerprint density at radius 2 is 1.09 bits per heavy atom. The van der Waals surface area contributed by atoms with E-state index in [-0.39, 0.29) is 0 Å². The van der Waals surface area contributed by atoms with E-state index in [1.807, 2.05) is 6.07 Å². The molecular formula is C54H34N2O. The van der Waals surface area contributed by atoms with Crippen LogP contribution in [0, 0.1) is 0 Å². The van der Waals surface area contributed by atoms with E-state index >= 15 is 0 Å². The van der Waals surface area contributed by atoms with Gasteiger partial charge in [-0.2, -0.15) is 0 Å². The standard InChI is InChI=1S/C54H34N2O/c1-2-12-35(13-3-1)48-33-49(41-30-39-16-10-14-36-15-11-17-40(31-41)52(36)39)56-53(55-48)37-26-24-34(25-27-37)38-28-29-47-51(32-38)57-50-23-9-8-22-46(50)54(47)44-20-6-4-18-42(44)43-19-5-7-21-45(43)54/h1-14,16-33H,15H2. The van der Waals surface area contributed by atoms with Gasteiger partial charge >= 0.3 is 0 Å². The van der Waals surface area contributed by atoms with Gasteiger partial charge in [-0.3, -0.25) is 0 Å².